The van der Waals surface area contributed by atoms with E-state index in [-0.39, 0.29) is 11.3 Å². The van der Waals surface area contributed by atoms with Crippen molar-refractivity contribution in [1.29, 1.82) is 5.26 Å². The number of hydrogen-bond donors (Lipinski definition) is 1. The van der Waals surface area contributed by atoms with Crippen LogP contribution >= 0.6 is 11.6 Å². The quantitative estimate of drug-likeness (QED) is 0.207. The maximum atomic E-state index is 12.3. The Kier molecular flexibility index (Phi) is 6.54. The van der Waals surface area contributed by atoms with Gasteiger partial charge < -0.3 is 0 Å². The molecule has 0 bridgehead atoms. The van der Waals surface area contributed by atoms with Crippen LogP contribution in [0.5, 0.6) is 0 Å². The van der Waals surface area contributed by atoms with E-state index in [1.54, 1.807) is 17.7 Å². The van der Waals surface area contributed by atoms with E-state index < -0.39 is 10.8 Å². The molecule has 0 radical (unpaired) electrons. The summed E-state index contributed by atoms with van der Waals surface area (Å²) in [6, 6.07) is 16.5. The lowest BCUT2D eigenvalue weighted by Gasteiger charge is -2.02. The normalized spacial score (nSPS) is 11.3. The fraction of sp³-hybridized carbons (Fsp3) is 0.0476. The lowest BCUT2D eigenvalue weighted by Crippen LogP contribution is -2.19. The number of nitrogens with one attached hydrogen (secondary N) is 1. The van der Waals surface area contributed by atoms with Gasteiger partial charge in [0.1, 0.15) is 16.8 Å². The molecule has 0 fully saturated rings. The number of nitro benzene ring substituents is 1. The van der Waals surface area contributed by atoms with E-state index in [0.717, 1.165) is 5.69 Å². The molecule has 31 heavy (non-hydrogen) atoms. The second kappa shape index (κ2) is 9.47. The zero-order valence-electron chi connectivity index (χ0n) is 16.2. The zero-order valence-corrected chi connectivity index (χ0v) is 16.9. The van der Waals surface area contributed by atoms with Gasteiger partial charge in [0.15, 0.2) is 0 Å². The molecule has 0 aliphatic carbocycles. The number of aromatic nitrogens is 2. The molecule has 10 heteroatoms. The summed E-state index contributed by atoms with van der Waals surface area (Å²) in [6.45, 7) is 1.75. The third-order valence-corrected chi connectivity index (χ3v) is 4.55. The standard InChI is InChI=1S/C21H15ClN6O3/c1-14-19(20(22)27(26-14)17-5-3-2-4-6-17)13-24-25-21(29)16(12-23)11-15-7-9-18(10-8-15)28(30)31/h2-11,13H,1H3,(H,25,29). The maximum Gasteiger partial charge on any atom is 0.282 e. The SMILES string of the molecule is Cc1nn(-c2ccccc2)c(Cl)c1C=NNC(=O)C(C#N)=Cc1ccc([N+](=O)[O-])cc1. The summed E-state index contributed by atoms with van der Waals surface area (Å²) in [5, 5.41) is 28.5. The number of carbonyl (C=O) groups is 1. The minimum atomic E-state index is -0.735. The summed E-state index contributed by atoms with van der Waals surface area (Å²) in [4.78, 5) is 22.4. The highest BCUT2D eigenvalue weighted by atomic mass is 35.5. The van der Waals surface area contributed by atoms with Crippen molar-refractivity contribution < 1.29 is 9.72 Å². The van der Waals surface area contributed by atoms with Crippen LogP contribution in [-0.4, -0.2) is 26.8 Å². The smallest absolute Gasteiger partial charge is 0.267 e. The molecule has 0 saturated heterocycles. The van der Waals surface area contributed by atoms with Crippen molar-refractivity contribution in [3.8, 4) is 11.8 Å². The number of aryl methyl sites for hydroxylation is 1. The fourth-order valence-corrected chi connectivity index (χ4v) is 2.94. The highest BCUT2D eigenvalue weighted by Crippen LogP contribution is 2.22. The number of nitro groups is 1. The van der Waals surface area contributed by atoms with Crippen molar-refractivity contribution in [3.63, 3.8) is 0 Å². The van der Waals surface area contributed by atoms with Crippen LogP contribution in [0, 0.1) is 28.4 Å². The first-order chi connectivity index (χ1) is 14.9. The Morgan fingerprint density at radius 3 is 2.55 bits per heavy atom. The predicted octanol–water partition coefficient (Wildman–Crippen LogP) is 3.80. The van der Waals surface area contributed by atoms with Crippen molar-refractivity contribution >= 4 is 35.5 Å². The lowest BCUT2D eigenvalue weighted by atomic mass is 10.1. The summed E-state index contributed by atoms with van der Waals surface area (Å²) in [5.41, 5.74) is 4.33. The summed E-state index contributed by atoms with van der Waals surface area (Å²) < 4.78 is 1.55. The van der Waals surface area contributed by atoms with E-state index in [4.69, 9.17) is 11.6 Å². The Balaban J connectivity index is 1.74. The number of carbonyl (C=O) groups excluding carboxylic acids is 1. The predicted molar refractivity (Wildman–Crippen MR) is 116 cm³/mol. The Labute approximate surface area is 182 Å². The van der Waals surface area contributed by atoms with Gasteiger partial charge in [0.25, 0.3) is 11.6 Å². The first-order valence-corrected chi connectivity index (χ1v) is 9.28. The molecule has 0 aliphatic heterocycles. The lowest BCUT2D eigenvalue weighted by molar-refractivity contribution is -0.384. The number of nitrogens with zero attached hydrogens (tertiary/aromatic N) is 5. The molecular formula is C21H15ClN6O3. The van der Waals surface area contributed by atoms with Gasteiger partial charge in [-0.15, -0.1) is 0 Å². The van der Waals surface area contributed by atoms with Crippen molar-refractivity contribution in [3.05, 3.63) is 92.3 Å². The molecule has 0 unspecified atom stereocenters. The van der Waals surface area contributed by atoms with Gasteiger partial charge in [-0.3, -0.25) is 14.9 Å². The average molecular weight is 435 g/mol. The monoisotopic (exact) mass is 434 g/mol. The number of para-hydroxylation sites is 1. The molecule has 1 N–H and O–H groups in total. The van der Waals surface area contributed by atoms with Crippen LogP contribution in [0.25, 0.3) is 11.8 Å². The van der Waals surface area contributed by atoms with Gasteiger partial charge in [0.05, 0.1) is 28.1 Å². The van der Waals surface area contributed by atoms with Gasteiger partial charge in [-0.1, -0.05) is 29.8 Å². The minimum Gasteiger partial charge on any atom is -0.267 e. The first-order valence-electron chi connectivity index (χ1n) is 8.91. The Hall–Kier alpha value is -4.29. The molecule has 3 aromatic rings. The summed E-state index contributed by atoms with van der Waals surface area (Å²) >= 11 is 6.40. The van der Waals surface area contributed by atoms with E-state index in [0.29, 0.717) is 22.0 Å². The Morgan fingerprint density at radius 2 is 1.94 bits per heavy atom. The summed E-state index contributed by atoms with van der Waals surface area (Å²) in [5.74, 6) is -0.735. The van der Waals surface area contributed by atoms with Gasteiger partial charge in [-0.05, 0) is 42.8 Å². The Morgan fingerprint density at radius 1 is 1.26 bits per heavy atom. The van der Waals surface area contributed by atoms with Crippen LogP contribution in [0.15, 0.2) is 65.3 Å². The number of benzene rings is 2. The number of non-ortho nitro benzene ring substituents is 1. The van der Waals surface area contributed by atoms with Crippen LogP contribution in [0.4, 0.5) is 5.69 Å². The van der Waals surface area contributed by atoms with Gasteiger partial charge in [-0.25, -0.2) is 10.1 Å². The molecule has 154 valence electrons. The van der Waals surface area contributed by atoms with Crippen LogP contribution in [-0.2, 0) is 4.79 Å². The third-order valence-electron chi connectivity index (χ3n) is 4.19. The maximum absolute atomic E-state index is 12.3. The molecule has 9 nitrogen and oxygen atoms in total. The highest BCUT2D eigenvalue weighted by molar-refractivity contribution is 6.32. The summed E-state index contributed by atoms with van der Waals surface area (Å²) in [7, 11) is 0. The summed E-state index contributed by atoms with van der Waals surface area (Å²) in [6.07, 6.45) is 2.66. The van der Waals surface area contributed by atoms with Crippen LogP contribution in [0.1, 0.15) is 16.8 Å². The van der Waals surface area contributed by atoms with Crippen molar-refractivity contribution in [2.45, 2.75) is 6.92 Å². The largest absolute Gasteiger partial charge is 0.282 e. The minimum absolute atomic E-state index is 0.0898. The molecule has 0 saturated carbocycles. The van der Waals surface area contributed by atoms with Gasteiger partial charge in [0.2, 0.25) is 0 Å². The van der Waals surface area contributed by atoms with Gasteiger partial charge in [-0.2, -0.15) is 15.5 Å². The van der Waals surface area contributed by atoms with E-state index in [2.05, 4.69) is 15.6 Å². The van der Waals surface area contributed by atoms with E-state index in [9.17, 15) is 20.2 Å². The van der Waals surface area contributed by atoms with Gasteiger partial charge in [0, 0.05) is 12.1 Å². The molecule has 3 rings (SSSR count). The van der Waals surface area contributed by atoms with E-state index in [1.807, 2.05) is 30.3 Å². The number of halogens is 1. The number of amides is 1. The van der Waals surface area contributed by atoms with Crippen LogP contribution < -0.4 is 5.43 Å². The average Bonchev–Trinajstić information content (AvgIpc) is 3.06. The number of hydrazone groups is 1. The molecular weight excluding hydrogens is 420 g/mol. The Bertz CT molecular complexity index is 1220. The van der Waals surface area contributed by atoms with Crippen molar-refractivity contribution in [2.75, 3.05) is 0 Å². The number of rotatable bonds is 6. The molecule has 0 spiro atoms. The van der Waals surface area contributed by atoms with Gasteiger partial charge >= 0.3 is 0 Å². The molecule has 1 heterocycles. The highest BCUT2D eigenvalue weighted by Gasteiger charge is 2.14. The fourth-order valence-electron chi connectivity index (χ4n) is 2.62. The zero-order chi connectivity index (χ0) is 22.4. The van der Waals surface area contributed by atoms with Crippen molar-refractivity contribution in [2.24, 2.45) is 5.10 Å². The number of nitriles is 1. The first kappa shape index (κ1) is 21.4. The molecule has 2 aromatic carbocycles. The van der Waals surface area contributed by atoms with Crippen LogP contribution in [0.2, 0.25) is 5.15 Å². The third kappa shape index (κ3) is 5.01. The topological polar surface area (TPSA) is 126 Å². The van der Waals surface area contributed by atoms with Crippen molar-refractivity contribution in [1.82, 2.24) is 15.2 Å². The van der Waals surface area contributed by atoms with Crippen LogP contribution in [0.3, 0.4) is 0 Å². The van der Waals surface area contributed by atoms with E-state index in [1.165, 1.54) is 36.6 Å². The molecule has 0 atom stereocenters. The van der Waals surface area contributed by atoms with E-state index >= 15 is 0 Å². The molecule has 1 aromatic heterocycles. The molecule has 1 amide bonds. The number of hydrogen-bond acceptors (Lipinski definition) is 6. The second-order valence-electron chi connectivity index (χ2n) is 6.25. The molecule has 0 aliphatic rings. The second-order valence-corrected chi connectivity index (χ2v) is 6.61.